The van der Waals surface area contributed by atoms with Gasteiger partial charge in [-0.25, -0.2) is 9.78 Å². The Labute approximate surface area is 106 Å². The van der Waals surface area contributed by atoms with Crippen molar-refractivity contribution in [1.29, 1.82) is 0 Å². The second kappa shape index (κ2) is 5.50. The average Bonchev–Trinajstić information content (AvgIpc) is 2.77. The largest absolute Gasteiger partial charge is 0.462 e. The molecule has 4 heteroatoms. The van der Waals surface area contributed by atoms with Gasteiger partial charge < -0.3 is 4.74 Å². The van der Waals surface area contributed by atoms with Gasteiger partial charge in [0.05, 0.1) is 12.2 Å². The highest BCUT2D eigenvalue weighted by atomic mass is 35.5. The van der Waals surface area contributed by atoms with Crippen LogP contribution in [-0.4, -0.2) is 17.6 Å². The van der Waals surface area contributed by atoms with Gasteiger partial charge in [-0.3, -0.25) is 0 Å². The molecule has 0 atom stereocenters. The number of rotatable bonds is 3. The number of pyridine rings is 1. The molecule has 1 aromatic rings. The fourth-order valence-corrected chi connectivity index (χ4v) is 2.45. The summed E-state index contributed by atoms with van der Waals surface area (Å²) >= 11 is 5.80. The highest BCUT2D eigenvalue weighted by Crippen LogP contribution is 2.25. The number of halogens is 1. The molecular formula is C13H16ClNO2. The Morgan fingerprint density at radius 3 is 2.82 bits per heavy atom. The van der Waals surface area contributed by atoms with Crippen molar-refractivity contribution >= 4 is 17.6 Å². The number of ether oxygens (including phenoxy) is 1. The van der Waals surface area contributed by atoms with Crippen LogP contribution in [0, 0.1) is 12.8 Å². The number of nitrogens with zero attached hydrogens (tertiary/aromatic N) is 1. The maximum absolute atomic E-state index is 11.8. The summed E-state index contributed by atoms with van der Waals surface area (Å²) in [7, 11) is 0. The fraction of sp³-hybridized carbons (Fsp3) is 0.538. The van der Waals surface area contributed by atoms with E-state index in [4.69, 9.17) is 16.3 Å². The summed E-state index contributed by atoms with van der Waals surface area (Å²) in [6.45, 7) is 2.33. The fourth-order valence-electron chi connectivity index (χ4n) is 2.20. The van der Waals surface area contributed by atoms with Gasteiger partial charge in [0.25, 0.3) is 0 Å². The van der Waals surface area contributed by atoms with Crippen LogP contribution in [0.2, 0.25) is 5.15 Å². The van der Waals surface area contributed by atoms with Crippen molar-refractivity contribution < 1.29 is 9.53 Å². The van der Waals surface area contributed by atoms with Crippen LogP contribution in [-0.2, 0) is 4.74 Å². The van der Waals surface area contributed by atoms with Crippen molar-refractivity contribution in [3.8, 4) is 0 Å². The molecule has 2 rings (SSSR count). The summed E-state index contributed by atoms with van der Waals surface area (Å²) in [5.41, 5.74) is 1.21. The predicted octanol–water partition coefficient (Wildman–Crippen LogP) is 3.39. The molecule has 1 fully saturated rings. The summed E-state index contributed by atoms with van der Waals surface area (Å²) in [5.74, 6) is 0.238. The quantitative estimate of drug-likeness (QED) is 0.612. The van der Waals surface area contributed by atoms with Gasteiger partial charge >= 0.3 is 5.97 Å². The Kier molecular flexibility index (Phi) is 4.00. The molecule has 0 amide bonds. The minimum absolute atomic E-state index is 0.302. The molecule has 0 saturated heterocycles. The zero-order chi connectivity index (χ0) is 12.3. The molecule has 0 aliphatic heterocycles. The molecule has 0 N–H and O–H groups in total. The Morgan fingerprint density at radius 2 is 2.18 bits per heavy atom. The molecule has 1 saturated carbocycles. The van der Waals surface area contributed by atoms with Crippen LogP contribution in [0.5, 0.6) is 0 Å². The molecule has 0 aromatic carbocycles. The van der Waals surface area contributed by atoms with Gasteiger partial charge in [0.1, 0.15) is 5.15 Å². The lowest BCUT2D eigenvalue weighted by Crippen LogP contribution is -2.12. The summed E-state index contributed by atoms with van der Waals surface area (Å²) in [6.07, 6.45) is 4.84. The normalized spacial score (nSPS) is 16.1. The first-order valence-electron chi connectivity index (χ1n) is 5.96. The smallest absolute Gasteiger partial charge is 0.338 e. The zero-order valence-corrected chi connectivity index (χ0v) is 10.7. The highest BCUT2D eigenvalue weighted by Gasteiger charge is 2.17. The lowest BCUT2D eigenvalue weighted by atomic mass is 10.1. The summed E-state index contributed by atoms with van der Waals surface area (Å²) in [4.78, 5) is 15.8. The Hall–Kier alpha value is -1.09. The molecule has 92 valence electrons. The number of esters is 1. The van der Waals surface area contributed by atoms with Crippen LogP contribution in [0.4, 0.5) is 0 Å². The van der Waals surface area contributed by atoms with Crippen molar-refractivity contribution in [3.05, 3.63) is 28.5 Å². The van der Waals surface area contributed by atoms with Gasteiger partial charge in [0, 0.05) is 5.69 Å². The van der Waals surface area contributed by atoms with Crippen molar-refractivity contribution in [2.75, 3.05) is 6.61 Å². The van der Waals surface area contributed by atoms with Gasteiger partial charge in [-0.1, -0.05) is 24.4 Å². The van der Waals surface area contributed by atoms with E-state index < -0.39 is 0 Å². The minimum Gasteiger partial charge on any atom is -0.462 e. The van der Waals surface area contributed by atoms with E-state index in [0.717, 1.165) is 5.69 Å². The Balaban J connectivity index is 1.94. The minimum atomic E-state index is -0.302. The van der Waals surface area contributed by atoms with Gasteiger partial charge in [0.2, 0.25) is 0 Å². The van der Waals surface area contributed by atoms with Gasteiger partial charge in [-0.05, 0) is 37.8 Å². The second-order valence-electron chi connectivity index (χ2n) is 4.57. The predicted molar refractivity (Wildman–Crippen MR) is 66.2 cm³/mol. The monoisotopic (exact) mass is 253 g/mol. The average molecular weight is 254 g/mol. The first kappa shape index (κ1) is 12.4. The summed E-state index contributed by atoms with van der Waals surface area (Å²) in [6, 6.07) is 3.24. The third-order valence-electron chi connectivity index (χ3n) is 3.08. The topological polar surface area (TPSA) is 39.2 Å². The van der Waals surface area contributed by atoms with Crippen LogP contribution in [0.1, 0.15) is 41.7 Å². The van der Waals surface area contributed by atoms with Crippen LogP contribution in [0.3, 0.4) is 0 Å². The number of hydrogen-bond donors (Lipinski definition) is 0. The van der Waals surface area contributed by atoms with E-state index in [1.165, 1.54) is 25.7 Å². The number of hydrogen-bond acceptors (Lipinski definition) is 3. The molecule has 17 heavy (non-hydrogen) atoms. The van der Waals surface area contributed by atoms with E-state index in [0.29, 0.717) is 23.2 Å². The van der Waals surface area contributed by atoms with Gasteiger partial charge in [-0.2, -0.15) is 0 Å². The number of carbonyl (C=O) groups is 1. The Morgan fingerprint density at radius 1 is 1.47 bits per heavy atom. The van der Waals surface area contributed by atoms with E-state index in [1.54, 1.807) is 19.1 Å². The standard InChI is InChI=1S/C13H16ClNO2/c1-9-6-11(7-12(14)15-9)13(16)17-8-10-4-2-3-5-10/h6-7,10H,2-5,8H2,1H3. The van der Waals surface area contributed by atoms with Crippen molar-refractivity contribution in [1.82, 2.24) is 4.98 Å². The van der Waals surface area contributed by atoms with E-state index in [-0.39, 0.29) is 5.97 Å². The lowest BCUT2D eigenvalue weighted by Gasteiger charge is -2.10. The molecule has 1 aliphatic carbocycles. The molecule has 0 unspecified atom stereocenters. The zero-order valence-electron chi connectivity index (χ0n) is 9.91. The highest BCUT2D eigenvalue weighted by molar-refractivity contribution is 6.29. The van der Waals surface area contributed by atoms with Crippen molar-refractivity contribution in [2.24, 2.45) is 5.92 Å². The molecule has 3 nitrogen and oxygen atoms in total. The second-order valence-corrected chi connectivity index (χ2v) is 4.96. The van der Waals surface area contributed by atoms with Crippen LogP contribution in [0.15, 0.2) is 12.1 Å². The lowest BCUT2D eigenvalue weighted by molar-refractivity contribution is 0.0442. The van der Waals surface area contributed by atoms with Gasteiger partial charge in [-0.15, -0.1) is 0 Å². The van der Waals surface area contributed by atoms with Crippen LogP contribution in [0.25, 0.3) is 0 Å². The van der Waals surface area contributed by atoms with Crippen LogP contribution >= 0.6 is 11.6 Å². The Bertz CT molecular complexity index is 394. The number of carbonyl (C=O) groups excluding carboxylic acids is 1. The first-order chi connectivity index (χ1) is 8.15. The van der Waals surface area contributed by atoms with Gasteiger partial charge in [0.15, 0.2) is 0 Å². The molecule has 1 aliphatic rings. The molecule has 0 spiro atoms. The molecule has 1 aromatic heterocycles. The van der Waals surface area contributed by atoms with Crippen LogP contribution < -0.4 is 0 Å². The van der Waals surface area contributed by atoms with Crippen molar-refractivity contribution in [2.45, 2.75) is 32.6 Å². The molecule has 1 heterocycles. The van der Waals surface area contributed by atoms with E-state index in [2.05, 4.69) is 4.98 Å². The maximum Gasteiger partial charge on any atom is 0.338 e. The molecular weight excluding hydrogens is 238 g/mol. The third kappa shape index (κ3) is 3.43. The number of aromatic nitrogens is 1. The number of aryl methyl sites for hydroxylation is 1. The maximum atomic E-state index is 11.8. The molecule has 0 radical (unpaired) electrons. The SMILES string of the molecule is Cc1cc(C(=O)OCC2CCCC2)cc(Cl)n1. The summed E-state index contributed by atoms with van der Waals surface area (Å²) in [5, 5.41) is 0.331. The van der Waals surface area contributed by atoms with Crippen molar-refractivity contribution in [3.63, 3.8) is 0 Å². The van der Waals surface area contributed by atoms with E-state index >= 15 is 0 Å². The third-order valence-corrected chi connectivity index (χ3v) is 3.28. The first-order valence-corrected chi connectivity index (χ1v) is 6.34. The molecule has 0 bridgehead atoms. The van der Waals surface area contributed by atoms with E-state index in [1.807, 2.05) is 0 Å². The summed E-state index contributed by atoms with van der Waals surface area (Å²) < 4.78 is 5.30. The van der Waals surface area contributed by atoms with E-state index in [9.17, 15) is 4.79 Å².